The summed E-state index contributed by atoms with van der Waals surface area (Å²) in [6, 6.07) is 9.96. The highest BCUT2D eigenvalue weighted by molar-refractivity contribution is 5.16. The molecule has 0 spiro atoms. The Bertz CT molecular complexity index is 322. The molecule has 0 amide bonds. The normalized spacial score (nSPS) is 20.4. The van der Waals surface area contributed by atoms with Gasteiger partial charge in [0.25, 0.3) is 0 Å². The van der Waals surface area contributed by atoms with E-state index in [1.807, 2.05) is 18.2 Å². The summed E-state index contributed by atoms with van der Waals surface area (Å²) >= 11 is 0. The largest absolute Gasteiger partial charge is 0.390 e. The molecule has 1 fully saturated rings. The molecule has 0 aromatic heterocycles. The molecule has 1 aliphatic rings. The summed E-state index contributed by atoms with van der Waals surface area (Å²) in [6.45, 7) is 2.93. The standard InChI is InChI=1S/C14H22N2O/c15-13(10-12-6-2-1-3-7-12)14(17)11-16-8-4-5-9-16/h1-3,6-7,13-14,17H,4-5,8-11,15H2/t13-,14?/m1/s1. The van der Waals surface area contributed by atoms with Crippen LogP contribution in [0.5, 0.6) is 0 Å². The molecule has 3 heteroatoms. The van der Waals surface area contributed by atoms with Crippen molar-refractivity contribution in [1.82, 2.24) is 4.90 Å². The van der Waals surface area contributed by atoms with E-state index in [1.54, 1.807) is 0 Å². The van der Waals surface area contributed by atoms with Crippen molar-refractivity contribution in [1.29, 1.82) is 0 Å². The Morgan fingerprint density at radius 2 is 1.82 bits per heavy atom. The lowest BCUT2D eigenvalue weighted by Gasteiger charge is -2.24. The molecule has 0 aliphatic carbocycles. The van der Waals surface area contributed by atoms with Crippen LogP contribution in [0.4, 0.5) is 0 Å². The Morgan fingerprint density at radius 3 is 2.47 bits per heavy atom. The number of hydrogen-bond acceptors (Lipinski definition) is 3. The minimum atomic E-state index is -0.423. The molecule has 94 valence electrons. The third kappa shape index (κ3) is 3.80. The molecular weight excluding hydrogens is 212 g/mol. The summed E-state index contributed by atoms with van der Waals surface area (Å²) in [5.41, 5.74) is 7.25. The first kappa shape index (κ1) is 12.6. The van der Waals surface area contributed by atoms with Crippen molar-refractivity contribution < 1.29 is 5.11 Å². The summed E-state index contributed by atoms with van der Waals surface area (Å²) in [5, 5.41) is 10.1. The van der Waals surface area contributed by atoms with Gasteiger partial charge >= 0.3 is 0 Å². The molecule has 0 bridgehead atoms. The van der Waals surface area contributed by atoms with Crippen LogP contribution < -0.4 is 5.73 Å². The predicted octanol–water partition coefficient (Wildman–Crippen LogP) is 1.01. The van der Waals surface area contributed by atoms with Gasteiger partial charge in [-0.1, -0.05) is 30.3 Å². The van der Waals surface area contributed by atoms with E-state index in [2.05, 4.69) is 17.0 Å². The van der Waals surface area contributed by atoms with E-state index in [-0.39, 0.29) is 6.04 Å². The molecule has 2 atom stereocenters. The molecule has 1 saturated heterocycles. The molecule has 0 radical (unpaired) electrons. The molecular formula is C14H22N2O. The Hall–Kier alpha value is -0.900. The van der Waals surface area contributed by atoms with Gasteiger partial charge in [-0.3, -0.25) is 0 Å². The number of β-amino-alcohol motifs (C(OH)–C–C–N with tert-alkyl or cyclic N) is 1. The van der Waals surface area contributed by atoms with Crippen LogP contribution in [-0.2, 0) is 6.42 Å². The van der Waals surface area contributed by atoms with E-state index in [1.165, 1.54) is 18.4 Å². The number of benzene rings is 1. The maximum atomic E-state index is 10.1. The predicted molar refractivity (Wildman–Crippen MR) is 69.8 cm³/mol. The van der Waals surface area contributed by atoms with Crippen LogP contribution in [0.3, 0.4) is 0 Å². The maximum absolute atomic E-state index is 10.1. The first-order chi connectivity index (χ1) is 8.25. The number of aliphatic hydroxyl groups excluding tert-OH is 1. The fourth-order valence-electron chi connectivity index (χ4n) is 2.39. The number of hydrogen-bond donors (Lipinski definition) is 2. The van der Waals surface area contributed by atoms with Crippen LogP contribution in [0.2, 0.25) is 0 Å². The molecule has 3 N–H and O–H groups in total. The zero-order valence-electron chi connectivity index (χ0n) is 10.3. The fourth-order valence-corrected chi connectivity index (χ4v) is 2.39. The van der Waals surface area contributed by atoms with Crippen molar-refractivity contribution in [3.05, 3.63) is 35.9 Å². The summed E-state index contributed by atoms with van der Waals surface area (Å²) in [4.78, 5) is 2.30. The lowest BCUT2D eigenvalue weighted by atomic mass is 10.0. The molecule has 1 aromatic rings. The first-order valence-electron chi connectivity index (χ1n) is 6.45. The molecule has 17 heavy (non-hydrogen) atoms. The van der Waals surface area contributed by atoms with E-state index in [0.717, 1.165) is 19.5 Å². The Balaban J connectivity index is 1.80. The molecule has 1 aliphatic heterocycles. The summed E-state index contributed by atoms with van der Waals surface area (Å²) < 4.78 is 0. The number of nitrogens with two attached hydrogens (primary N) is 1. The molecule has 1 aromatic carbocycles. The molecule has 1 heterocycles. The topological polar surface area (TPSA) is 49.5 Å². The van der Waals surface area contributed by atoms with Crippen LogP contribution in [0, 0.1) is 0 Å². The highest BCUT2D eigenvalue weighted by Crippen LogP contribution is 2.10. The minimum absolute atomic E-state index is 0.169. The SMILES string of the molecule is N[C@H](Cc1ccccc1)C(O)CN1CCCC1. The van der Waals surface area contributed by atoms with Gasteiger partial charge in [0.2, 0.25) is 0 Å². The smallest absolute Gasteiger partial charge is 0.0820 e. The first-order valence-corrected chi connectivity index (χ1v) is 6.45. The number of nitrogens with zero attached hydrogens (tertiary/aromatic N) is 1. The van der Waals surface area contributed by atoms with Gasteiger partial charge in [0, 0.05) is 12.6 Å². The van der Waals surface area contributed by atoms with Gasteiger partial charge in [0.1, 0.15) is 0 Å². The van der Waals surface area contributed by atoms with Crippen molar-refractivity contribution in [3.63, 3.8) is 0 Å². The van der Waals surface area contributed by atoms with Crippen molar-refractivity contribution >= 4 is 0 Å². The van der Waals surface area contributed by atoms with Crippen LogP contribution in [0.1, 0.15) is 18.4 Å². The van der Waals surface area contributed by atoms with E-state index < -0.39 is 6.10 Å². The summed E-state index contributed by atoms with van der Waals surface area (Å²) in [5.74, 6) is 0. The summed E-state index contributed by atoms with van der Waals surface area (Å²) in [6.07, 6.45) is 2.82. The van der Waals surface area contributed by atoms with Crippen molar-refractivity contribution in [2.75, 3.05) is 19.6 Å². The Kier molecular flexibility index (Phi) is 4.54. The van der Waals surface area contributed by atoms with Gasteiger partial charge in [-0.2, -0.15) is 0 Å². The zero-order valence-corrected chi connectivity index (χ0v) is 10.3. The second-order valence-electron chi connectivity index (χ2n) is 4.93. The number of aliphatic hydroxyl groups is 1. The van der Waals surface area contributed by atoms with E-state index in [4.69, 9.17) is 5.73 Å². The fraction of sp³-hybridized carbons (Fsp3) is 0.571. The second-order valence-corrected chi connectivity index (χ2v) is 4.93. The number of likely N-dealkylation sites (tertiary alicyclic amines) is 1. The van der Waals surface area contributed by atoms with Crippen LogP contribution in [0.25, 0.3) is 0 Å². The van der Waals surface area contributed by atoms with E-state index in [0.29, 0.717) is 6.54 Å². The van der Waals surface area contributed by atoms with Crippen LogP contribution in [-0.4, -0.2) is 41.8 Å². The highest BCUT2D eigenvalue weighted by Gasteiger charge is 2.20. The van der Waals surface area contributed by atoms with Crippen LogP contribution in [0.15, 0.2) is 30.3 Å². The third-order valence-corrected chi connectivity index (χ3v) is 3.45. The molecule has 2 rings (SSSR count). The lowest BCUT2D eigenvalue weighted by Crippen LogP contribution is -2.43. The second kappa shape index (κ2) is 6.15. The van der Waals surface area contributed by atoms with Crippen molar-refractivity contribution in [2.45, 2.75) is 31.4 Å². The van der Waals surface area contributed by atoms with Gasteiger partial charge in [0.05, 0.1) is 6.10 Å². The van der Waals surface area contributed by atoms with E-state index >= 15 is 0 Å². The number of rotatable bonds is 5. The molecule has 3 nitrogen and oxygen atoms in total. The third-order valence-electron chi connectivity index (χ3n) is 3.45. The molecule has 1 unspecified atom stereocenters. The van der Waals surface area contributed by atoms with E-state index in [9.17, 15) is 5.11 Å². The zero-order chi connectivity index (χ0) is 12.1. The minimum Gasteiger partial charge on any atom is -0.390 e. The average molecular weight is 234 g/mol. The van der Waals surface area contributed by atoms with Gasteiger partial charge in [-0.15, -0.1) is 0 Å². The van der Waals surface area contributed by atoms with Gasteiger partial charge in [0.15, 0.2) is 0 Å². The lowest BCUT2D eigenvalue weighted by molar-refractivity contribution is 0.101. The summed E-state index contributed by atoms with van der Waals surface area (Å²) in [7, 11) is 0. The van der Waals surface area contributed by atoms with Crippen LogP contribution >= 0.6 is 0 Å². The monoisotopic (exact) mass is 234 g/mol. The Morgan fingerprint density at radius 1 is 1.18 bits per heavy atom. The van der Waals surface area contributed by atoms with Gasteiger partial charge in [-0.25, -0.2) is 0 Å². The van der Waals surface area contributed by atoms with Gasteiger partial charge in [-0.05, 0) is 37.9 Å². The average Bonchev–Trinajstić information content (AvgIpc) is 2.83. The highest BCUT2D eigenvalue weighted by atomic mass is 16.3. The quantitative estimate of drug-likeness (QED) is 0.799. The van der Waals surface area contributed by atoms with Gasteiger partial charge < -0.3 is 15.7 Å². The van der Waals surface area contributed by atoms with Crippen molar-refractivity contribution in [2.24, 2.45) is 5.73 Å². The maximum Gasteiger partial charge on any atom is 0.0820 e. The molecule has 0 saturated carbocycles. The Labute approximate surface area is 103 Å². The van der Waals surface area contributed by atoms with Crippen molar-refractivity contribution in [3.8, 4) is 0 Å².